The summed E-state index contributed by atoms with van der Waals surface area (Å²) < 4.78 is 36.6. The molecule has 674 valence electrons. The standard InChI is InChI=1S/3C36H34N4O2.4ClH.2Fe/c3*1-3-11-31(12-4-1)35(39-23-33-15-7-9-21-37-33)27-41-25-29-17-19-30(20-18-29)26-42-28-36(32-13-5-2-6-14-32)40-24-34-16-8-10-22-38-34;;;;;;/h3*1-24,35-36H,25-28H2;4*1H;;/q;;;;;;;2*+2/p-4/t3*35-,36?;;;;;;/m000....../s1. The molecule has 9 aromatic carbocycles. The molecule has 0 aliphatic heterocycles. The van der Waals surface area contributed by atoms with Crippen LogP contribution in [0.2, 0.25) is 0 Å². The zero-order chi connectivity index (χ0) is 86.0. The van der Waals surface area contributed by atoms with Crippen LogP contribution in [0.15, 0.2) is 431 Å². The molecule has 0 aliphatic rings. The van der Waals surface area contributed by atoms with Crippen molar-refractivity contribution in [2.75, 3.05) is 39.6 Å². The molecule has 0 aliphatic carbocycles. The van der Waals surface area contributed by atoms with Crippen LogP contribution >= 0.6 is 0 Å². The van der Waals surface area contributed by atoms with Crippen molar-refractivity contribution in [3.8, 4) is 0 Å². The molecule has 0 saturated carbocycles. The molecule has 0 N–H and O–H groups in total. The fraction of sp³-hybridized carbons (Fsp3) is 0.167. The minimum Gasteiger partial charge on any atom is -1.00 e. The van der Waals surface area contributed by atoms with Crippen LogP contribution in [0.4, 0.5) is 0 Å². The van der Waals surface area contributed by atoms with Gasteiger partial charge >= 0.3 is 34.1 Å². The summed E-state index contributed by atoms with van der Waals surface area (Å²) >= 11 is 0. The van der Waals surface area contributed by atoms with E-state index in [1.807, 2.05) is 256 Å². The van der Waals surface area contributed by atoms with E-state index in [0.717, 1.165) is 101 Å². The van der Waals surface area contributed by atoms with E-state index in [9.17, 15) is 0 Å². The quantitative estimate of drug-likeness (QED) is 0.0259. The van der Waals surface area contributed by atoms with Gasteiger partial charge in [0.1, 0.15) is 0 Å². The Morgan fingerprint density at radius 2 is 0.303 bits per heavy atom. The second-order valence-corrected chi connectivity index (χ2v) is 29.3. The Hall–Kier alpha value is -12.1. The number of halogens is 4. The third kappa shape index (κ3) is 38.7. The van der Waals surface area contributed by atoms with Gasteiger partial charge in [-0.2, -0.15) is 0 Å². The summed E-state index contributed by atoms with van der Waals surface area (Å²) in [5.74, 6) is 0. The zero-order valence-corrected chi connectivity index (χ0v) is 77.8. The second-order valence-electron chi connectivity index (χ2n) is 29.3. The summed E-state index contributed by atoms with van der Waals surface area (Å²) in [4.78, 5) is 54.6. The van der Waals surface area contributed by atoms with E-state index in [0.29, 0.717) is 79.3 Å². The van der Waals surface area contributed by atoms with E-state index >= 15 is 0 Å². The summed E-state index contributed by atoms with van der Waals surface area (Å²) in [5, 5.41) is 0. The molecule has 6 aromatic heterocycles. The number of aliphatic imine (C=N–C) groups is 6. The molecule has 0 bridgehead atoms. The number of hydrogen-bond donors (Lipinski definition) is 0. The van der Waals surface area contributed by atoms with E-state index in [1.165, 1.54) is 0 Å². The van der Waals surface area contributed by atoms with Crippen molar-refractivity contribution in [2.45, 2.75) is 75.9 Å². The van der Waals surface area contributed by atoms with Gasteiger partial charge in [0.15, 0.2) is 0 Å². The van der Waals surface area contributed by atoms with Crippen LogP contribution in [0.25, 0.3) is 0 Å². The van der Waals surface area contributed by atoms with Crippen LogP contribution in [0.5, 0.6) is 0 Å². The van der Waals surface area contributed by atoms with Crippen LogP contribution < -0.4 is 49.6 Å². The Morgan fingerprint density at radius 3 is 0.424 bits per heavy atom. The first kappa shape index (κ1) is 107. The molecule has 132 heavy (non-hydrogen) atoms. The Kier molecular flexibility index (Phi) is 51.0. The first-order valence-electron chi connectivity index (χ1n) is 42.1. The topological polar surface area (TPSA) is 207 Å². The molecular weight excluding hydrogens is 1810 g/mol. The minimum atomic E-state index is -0.112. The minimum absolute atomic E-state index is 0. The third-order valence-corrected chi connectivity index (χ3v) is 19.9. The zero-order valence-electron chi connectivity index (χ0n) is 72.6. The molecule has 15 aromatic rings. The van der Waals surface area contributed by atoms with Gasteiger partial charge in [0.25, 0.3) is 0 Å². The normalized spacial score (nSPS) is 12.4. The van der Waals surface area contributed by atoms with Crippen molar-refractivity contribution < 1.29 is 112 Å². The second kappa shape index (κ2) is 63.0. The van der Waals surface area contributed by atoms with Crippen LogP contribution in [-0.4, -0.2) is 107 Å². The average molecular weight is 1920 g/mol. The smallest absolute Gasteiger partial charge is 1.00 e. The number of pyridine rings is 6. The Labute approximate surface area is 820 Å². The predicted molar refractivity (Wildman–Crippen MR) is 503 cm³/mol. The first-order chi connectivity index (χ1) is 62.5. The van der Waals surface area contributed by atoms with E-state index < -0.39 is 0 Å². The van der Waals surface area contributed by atoms with E-state index in [2.05, 4.69) is 175 Å². The fourth-order valence-electron chi connectivity index (χ4n) is 13.0. The van der Waals surface area contributed by atoms with Gasteiger partial charge in [-0.1, -0.05) is 291 Å². The van der Waals surface area contributed by atoms with E-state index in [-0.39, 0.29) is 120 Å². The van der Waals surface area contributed by atoms with Gasteiger partial charge < -0.3 is 78.0 Å². The van der Waals surface area contributed by atoms with Crippen molar-refractivity contribution in [1.82, 2.24) is 29.9 Å². The summed E-state index contributed by atoms with van der Waals surface area (Å²) in [6, 6.07) is 120. The molecule has 0 radical (unpaired) electrons. The van der Waals surface area contributed by atoms with E-state index in [4.69, 9.17) is 58.4 Å². The van der Waals surface area contributed by atoms with E-state index in [1.54, 1.807) is 37.2 Å². The molecule has 0 amide bonds. The summed E-state index contributed by atoms with van der Waals surface area (Å²) in [6.45, 7) is 5.83. The number of nitrogens with zero attached hydrogens (tertiary/aromatic N) is 12. The number of hydrogen-bond acceptors (Lipinski definition) is 18. The third-order valence-electron chi connectivity index (χ3n) is 19.9. The van der Waals surface area contributed by atoms with Crippen LogP contribution in [-0.2, 0) is 102 Å². The van der Waals surface area contributed by atoms with Gasteiger partial charge in [0, 0.05) is 74.5 Å². The SMILES string of the molecule is C(=NC(COCc1ccc(COC[C@H](N=Cc2ccccn2)c2ccccc2)cc1)c1ccccc1)c1ccccn1.C(=NC(COCc1ccc(COC[C@H](N=Cc2ccccn2)c2ccccc2)cc1)c1ccccc1)c1ccccn1.C(=NC(COCc1ccc(COC[C@H](N=Cc2ccccn2)c2ccccc2)cc1)c1ccccc1)c1ccccn1.[Cl-].[Cl-].[Cl-].[Cl-].[Fe+2].[Fe+2]. The first-order valence-corrected chi connectivity index (χ1v) is 42.1. The van der Waals surface area contributed by atoms with Crippen LogP contribution in [0.3, 0.4) is 0 Å². The number of benzene rings is 9. The van der Waals surface area contributed by atoms with Crippen molar-refractivity contribution in [3.05, 3.63) is 502 Å². The van der Waals surface area contributed by atoms with Gasteiger partial charge in [0.2, 0.25) is 0 Å². The molecular formula is C108H102Cl4Fe2N12O6. The molecule has 6 heterocycles. The number of ether oxygens (including phenoxy) is 6. The van der Waals surface area contributed by atoms with Gasteiger partial charge in [-0.3, -0.25) is 59.9 Å². The fourth-order valence-corrected chi connectivity index (χ4v) is 13.0. The van der Waals surface area contributed by atoms with Gasteiger partial charge in [-0.25, -0.2) is 0 Å². The molecule has 3 unspecified atom stereocenters. The Morgan fingerprint density at radius 1 is 0.174 bits per heavy atom. The van der Waals surface area contributed by atoms with Crippen molar-refractivity contribution in [3.63, 3.8) is 0 Å². The van der Waals surface area contributed by atoms with Crippen LogP contribution in [0.1, 0.15) is 137 Å². The van der Waals surface area contributed by atoms with Gasteiger partial charge in [-0.15, -0.1) is 0 Å². The largest absolute Gasteiger partial charge is 2.00 e. The number of rotatable bonds is 42. The average Bonchev–Trinajstić information content (AvgIpc) is 0.894. The van der Waals surface area contributed by atoms with Gasteiger partial charge in [0.05, 0.1) is 150 Å². The summed E-state index contributed by atoms with van der Waals surface area (Å²) in [5.41, 5.74) is 18.2. The molecule has 24 heteroatoms. The predicted octanol–water partition coefficient (Wildman–Crippen LogP) is 9.70. The maximum atomic E-state index is 6.10. The van der Waals surface area contributed by atoms with Crippen molar-refractivity contribution >= 4 is 37.3 Å². The maximum Gasteiger partial charge on any atom is 2.00 e. The monoisotopic (exact) mass is 1910 g/mol. The van der Waals surface area contributed by atoms with Crippen molar-refractivity contribution in [2.24, 2.45) is 30.0 Å². The van der Waals surface area contributed by atoms with Gasteiger partial charge in [-0.05, 0) is 140 Å². The molecule has 6 atom stereocenters. The van der Waals surface area contributed by atoms with Crippen molar-refractivity contribution in [1.29, 1.82) is 0 Å². The molecule has 18 nitrogen and oxygen atoms in total. The Bertz CT molecular complexity index is 4790. The molecule has 0 saturated heterocycles. The molecule has 0 spiro atoms. The van der Waals surface area contributed by atoms with Crippen LogP contribution in [0, 0.1) is 0 Å². The maximum absolute atomic E-state index is 6.10. The molecule has 15 rings (SSSR count). The summed E-state index contributed by atoms with van der Waals surface area (Å²) in [6.07, 6.45) is 21.4. The number of aromatic nitrogens is 6. The Balaban J connectivity index is 0.000000264. The summed E-state index contributed by atoms with van der Waals surface area (Å²) in [7, 11) is 0. The molecule has 0 fully saturated rings.